The van der Waals surface area contributed by atoms with E-state index in [0.717, 1.165) is 4.57 Å². The zero-order valence-electron chi connectivity index (χ0n) is 12.9. The van der Waals surface area contributed by atoms with Crippen molar-refractivity contribution >= 4 is 22.7 Å². The Bertz CT molecular complexity index is 879. The molecule has 23 heavy (non-hydrogen) atoms. The number of carbonyl (C=O) groups excluding carboxylic acids is 2. The number of rotatable bonds is 5. The number of hydrogen-bond donors (Lipinski definition) is 3. The van der Waals surface area contributed by atoms with Gasteiger partial charge in [0.2, 0.25) is 5.91 Å². The molecule has 0 fully saturated rings. The Balaban J connectivity index is 2.38. The highest BCUT2D eigenvalue weighted by molar-refractivity contribution is 5.97. The Kier molecular flexibility index (Phi) is 4.63. The second-order valence-electron chi connectivity index (χ2n) is 5.43. The van der Waals surface area contributed by atoms with Crippen molar-refractivity contribution in [3.8, 4) is 0 Å². The molecule has 0 unspecified atom stereocenters. The third kappa shape index (κ3) is 3.47. The van der Waals surface area contributed by atoms with E-state index in [4.69, 9.17) is 5.73 Å². The predicted octanol–water partition coefficient (Wildman–Crippen LogP) is -0.124. The van der Waals surface area contributed by atoms with Gasteiger partial charge in [0.05, 0.1) is 10.9 Å². The smallest absolute Gasteiger partial charge is 0.329 e. The van der Waals surface area contributed by atoms with E-state index in [1.54, 1.807) is 13.8 Å². The fourth-order valence-electron chi connectivity index (χ4n) is 2.24. The van der Waals surface area contributed by atoms with Crippen LogP contribution >= 0.6 is 0 Å². The monoisotopic (exact) mass is 318 g/mol. The summed E-state index contributed by atoms with van der Waals surface area (Å²) in [5, 5.41) is 2.86. The van der Waals surface area contributed by atoms with Crippen molar-refractivity contribution in [2.24, 2.45) is 5.73 Å². The van der Waals surface area contributed by atoms with E-state index >= 15 is 0 Å². The zero-order valence-corrected chi connectivity index (χ0v) is 12.9. The molecule has 8 heteroatoms. The van der Waals surface area contributed by atoms with Gasteiger partial charge in [0.25, 0.3) is 11.5 Å². The van der Waals surface area contributed by atoms with Crippen LogP contribution in [0.15, 0.2) is 27.8 Å². The fourth-order valence-corrected chi connectivity index (χ4v) is 2.24. The van der Waals surface area contributed by atoms with Crippen molar-refractivity contribution in [2.75, 3.05) is 6.54 Å². The van der Waals surface area contributed by atoms with Crippen LogP contribution in [0, 0.1) is 0 Å². The summed E-state index contributed by atoms with van der Waals surface area (Å²) >= 11 is 0. The van der Waals surface area contributed by atoms with Gasteiger partial charge in [0.1, 0.15) is 0 Å². The van der Waals surface area contributed by atoms with E-state index in [0.29, 0.717) is 10.9 Å². The summed E-state index contributed by atoms with van der Waals surface area (Å²) in [4.78, 5) is 49.5. The number of hydrogen-bond acceptors (Lipinski definition) is 4. The first-order chi connectivity index (χ1) is 10.8. The third-order valence-corrected chi connectivity index (χ3v) is 3.36. The lowest BCUT2D eigenvalue weighted by Gasteiger charge is -2.10. The quantitative estimate of drug-likeness (QED) is 0.710. The number of nitrogens with zero attached hydrogens (tertiary/aromatic N) is 1. The summed E-state index contributed by atoms with van der Waals surface area (Å²) in [6.07, 6.45) is 0.0370. The van der Waals surface area contributed by atoms with Gasteiger partial charge in [-0.05, 0) is 32.0 Å². The molecule has 0 aliphatic rings. The second-order valence-corrected chi connectivity index (χ2v) is 5.43. The molecule has 0 atom stereocenters. The van der Waals surface area contributed by atoms with E-state index in [9.17, 15) is 19.2 Å². The lowest BCUT2D eigenvalue weighted by molar-refractivity contribution is -0.117. The molecular formula is C15H18N4O4. The maximum atomic E-state index is 12.3. The minimum Gasteiger partial charge on any atom is -0.370 e. The Morgan fingerprint density at radius 3 is 2.61 bits per heavy atom. The number of benzene rings is 1. The van der Waals surface area contributed by atoms with E-state index in [1.165, 1.54) is 18.2 Å². The molecule has 1 aromatic carbocycles. The predicted molar refractivity (Wildman–Crippen MR) is 85.4 cm³/mol. The van der Waals surface area contributed by atoms with Crippen molar-refractivity contribution in [3.63, 3.8) is 0 Å². The minimum atomic E-state index is -0.524. The second kappa shape index (κ2) is 6.47. The number of aromatic nitrogens is 2. The molecular weight excluding hydrogens is 300 g/mol. The molecule has 0 aliphatic carbocycles. The van der Waals surface area contributed by atoms with Gasteiger partial charge in [-0.15, -0.1) is 0 Å². The van der Waals surface area contributed by atoms with Crippen LogP contribution in [0.25, 0.3) is 10.9 Å². The minimum absolute atomic E-state index is 0.0370. The summed E-state index contributed by atoms with van der Waals surface area (Å²) in [5.74, 6) is -0.926. The largest absolute Gasteiger partial charge is 0.370 e. The van der Waals surface area contributed by atoms with E-state index in [1.807, 2.05) is 0 Å². The Morgan fingerprint density at radius 1 is 1.30 bits per heavy atom. The van der Waals surface area contributed by atoms with Gasteiger partial charge in [0, 0.05) is 24.6 Å². The fraction of sp³-hybridized carbons (Fsp3) is 0.333. The molecule has 0 saturated heterocycles. The first-order valence-electron chi connectivity index (χ1n) is 7.16. The molecule has 0 aliphatic heterocycles. The number of nitrogens with two attached hydrogens (primary N) is 1. The molecule has 0 saturated carbocycles. The summed E-state index contributed by atoms with van der Waals surface area (Å²) in [7, 11) is 0. The van der Waals surface area contributed by atoms with Crippen LogP contribution in [0.4, 0.5) is 0 Å². The topological polar surface area (TPSA) is 127 Å². The van der Waals surface area contributed by atoms with Crippen LogP contribution in [0.1, 0.15) is 36.7 Å². The van der Waals surface area contributed by atoms with Crippen LogP contribution in [0.3, 0.4) is 0 Å². The van der Waals surface area contributed by atoms with Crippen LogP contribution in [0.5, 0.6) is 0 Å². The van der Waals surface area contributed by atoms with Crippen molar-refractivity contribution in [2.45, 2.75) is 26.3 Å². The van der Waals surface area contributed by atoms with Crippen molar-refractivity contribution < 1.29 is 9.59 Å². The maximum Gasteiger partial charge on any atom is 0.329 e. The van der Waals surface area contributed by atoms with Crippen molar-refractivity contribution in [3.05, 3.63) is 44.6 Å². The molecule has 0 bridgehead atoms. The number of carbonyl (C=O) groups is 2. The molecule has 2 amide bonds. The molecule has 122 valence electrons. The summed E-state index contributed by atoms with van der Waals surface area (Å²) in [6, 6.07) is 4.15. The van der Waals surface area contributed by atoms with Crippen LogP contribution in [0.2, 0.25) is 0 Å². The zero-order chi connectivity index (χ0) is 17.1. The Hall–Kier alpha value is -2.90. The highest BCUT2D eigenvalue weighted by Gasteiger charge is 2.12. The lowest BCUT2D eigenvalue weighted by atomic mass is 10.1. The number of H-pyrrole nitrogens is 1. The number of amides is 2. The van der Waals surface area contributed by atoms with Gasteiger partial charge >= 0.3 is 5.69 Å². The molecule has 0 spiro atoms. The van der Waals surface area contributed by atoms with Crippen LogP contribution in [-0.2, 0) is 4.79 Å². The maximum absolute atomic E-state index is 12.3. The first kappa shape index (κ1) is 16.5. The lowest BCUT2D eigenvalue weighted by Crippen LogP contribution is -2.36. The highest BCUT2D eigenvalue weighted by atomic mass is 16.2. The molecule has 1 aromatic heterocycles. The number of primary amides is 1. The average Bonchev–Trinajstić information content (AvgIpc) is 2.45. The Labute approximate surface area is 131 Å². The normalized spacial score (nSPS) is 10.9. The number of nitrogens with one attached hydrogen (secondary N) is 2. The third-order valence-electron chi connectivity index (χ3n) is 3.36. The summed E-state index contributed by atoms with van der Waals surface area (Å²) < 4.78 is 1.12. The molecule has 2 aromatic rings. The van der Waals surface area contributed by atoms with Crippen molar-refractivity contribution in [1.82, 2.24) is 14.9 Å². The van der Waals surface area contributed by atoms with E-state index in [2.05, 4.69) is 10.3 Å². The van der Waals surface area contributed by atoms with E-state index < -0.39 is 23.1 Å². The highest BCUT2D eigenvalue weighted by Crippen LogP contribution is 2.10. The van der Waals surface area contributed by atoms with Gasteiger partial charge in [-0.3, -0.25) is 19.0 Å². The SMILES string of the molecule is CC(C)n1c(=O)[nH]c2cc(C(=O)NCCC(N)=O)ccc2c1=O. The average molecular weight is 318 g/mol. The van der Waals surface area contributed by atoms with Gasteiger partial charge < -0.3 is 16.0 Å². The van der Waals surface area contributed by atoms with Gasteiger partial charge in [-0.25, -0.2) is 4.79 Å². The van der Waals surface area contributed by atoms with Gasteiger partial charge in [0.15, 0.2) is 0 Å². The Morgan fingerprint density at radius 2 is 2.00 bits per heavy atom. The van der Waals surface area contributed by atoms with Gasteiger partial charge in [-0.2, -0.15) is 0 Å². The van der Waals surface area contributed by atoms with Crippen LogP contribution < -0.4 is 22.3 Å². The molecule has 1 heterocycles. The van der Waals surface area contributed by atoms with Gasteiger partial charge in [-0.1, -0.05) is 0 Å². The molecule has 2 rings (SSSR count). The van der Waals surface area contributed by atoms with Crippen molar-refractivity contribution in [1.29, 1.82) is 0 Å². The summed E-state index contributed by atoms with van der Waals surface area (Å²) in [6.45, 7) is 3.60. The van der Waals surface area contributed by atoms with Crippen LogP contribution in [-0.4, -0.2) is 27.9 Å². The standard InChI is InChI=1S/C15H18N4O4/c1-8(2)19-14(22)10-4-3-9(7-11(10)18-15(19)23)13(21)17-6-5-12(16)20/h3-4,7-8H,5-6H2,1-2H3,(H2,16,20)(H,17,21)(H,18,23). The molecule has 0 radical (unpaired) electrons. The number of aromatic amines is 1. The molecule has 4 N–H and O–H groups in total. The molecule has 8 nitrogen and oxygen atoms in total. The first-order valence-corrected chi connectivity index (χ1v) is 7.16. The summed E-state index contributed by atoms with van der Waals surface area (Å²) in [5.41, 5.74) is 4.64. The van der Waals surface area contributed by atoms with E-state index in [-0.39, 0.29) is 24.6 Å². The number of fused-ring (bicyclic) bond motifs is 1.